The topological polar surface area (TPSA) is 165 Å². The highest BCUT2D eigenvalue weighted by Gasteiger charge is 2.42. The first-order valence-corrected chi connectivity index (χ1v) is 19.2. The summed E-state index contributed by atoms with van der Waals surface area (Å²) in [4.78, 5) is 58.9. The zero-order chi connectivity index (χ0) is 38.4. The molecule has 4 aromatic heterocycles. The number of carbonyl (C=O) groups is 2. The lowest BCUT2D eigenvalue weighted by Crippen LogP contribution is -2.55. The van der Waals surface area contributed by atoms with E-state index in [4.69, 9.17) is 26.6 Å². The van der Waals surface area contributed by atoms with Crippen molar-refractivity contribution < 1.29 is 19.6 Å². The van der Waals surface area contributed by atoms with Crippen molar-refractivity contribution in [2.45, 2.75) is 117 Å². The smallest absolute Gasteiger partial charge is 0.423 e. The van der Waals surface area contributed by atoms with Gasteiger partial charge in [-0.3, -0.25) is 19.6 Å². The van der Waals surface area contributed by atoms with Gasteiger partial charge in [0.2, 0.25) is 17.1 Å². The number of fused-ring (bicyclic) bond motifs is 2. The van der Waals surface area contributed by atoms with Crippen LogP contribution in [0.5, 0.6) is 0 Å². The Balaban J connectivity index is 0.000000201. The predicted octanol–water partition coefficient (Wildman–Crippen LogP) is 5.71. The predicted molar refractivity (Wildman–Crippen MR) is 224 cm³/mol. The summed E-state index contributed by atoms with van der Waals surface area (Å²) >= 11 is 5.97. The Morgan fingerprint density at radius 2 is 1.12 bits per heavy atom. The van der Waals surface area contributed by atoms with Crippen molar-refractivity contribution in [2.24, 2.45) is 0 Å². The van der Waals surface area contributed by atoms with Gasteiger partial charge in [0.15, 0.2) is 17.5 Å². The van der Waals surface area contributed by atoms with E-state index >= 15 is 0 Å². The van der Waals surface area contributed by atoms with Crippen LogP contribution >= 0.6 is 11.6 Å². The number of halogens is 1. The first-order valence-electron chi connectivity index (χ1n) is 18.8. The maximum absolute atomic E-state index is 12.9. The van der Waals surface area contributed by atoms with Gasteiger partial charge in [0.25, 0.3) is 0 Å². The van der Waals surface area contributed by atoms with E-state index in [0.29, 0.717) is 23.4 Å². The lowest BCUT2D eigenvalue weighted by Gasteiger charge is -2.43. The van der Waals surface area contributed by atoms with Gasteiger partial charge in [-0.25, -0.2) is 15.0 Å². The monoisotopic (exact) mass is 786 g/mol. The zero-order valence-corrected chi connectivity index (χ0v) is 32.0. The van der Waals surface area contributed by atoms with Crippen LogP contribution in [0.1, 0.15) is 92.9 Å². The number of hydrogen-bond acceptors (Lipinski definition) is 12. The molecule has 0 saturated heterocycles. The minimum absolute atomic E-state index is 0. The number of aromatic nitrogens is 6. The zero-order valence-electron chi connectivity index (χ0n) is 31.3. The fourth-order valence-corrected chi connectivity index (χ4v) is 8.05. The fraction of sp³-hybridized carbons (Fsp3) is 0.500. The van der Waals surface area contributed by atoms with Crippen LogP contribution in [0.4, 0.5) is 23.0 Å². The summed E-state index contributed by atoms with van der Waals surface area (Å²) < 4.78 is 0. The van der Waals surface area contributed by atoms with Crippen molar-refractivity contribution in [3.05, 3.63) is 66.7 Å². The second-order valence-corrected chi connectivity index (χ2v) is 14.3. The third kappa shape index (κ3) is 9.27. The molecule has 0 spiro atoms. The van der Waals surface area contributed by atoms with E-state index in [1.54, 1.807) is 53.8 Å². The molecule has 56 heavy (non-hydrogen) atoms. The number of pyridine rings is 2. The highest BCUT2D eigenvalue weighted by Crippen LogP contribution is 2.41. The van der Waals surface area contributed by atoms with Crippen molar-refractivity contribution in [1.29, 1.82) is 0 Å². The molecular formula is C40H56BClN10O4. The van der Waals surface area contributed by atoms with E-state index in [1.807, 2.05) is 26.1 Å². The molecule has 2 saturated carbocycles. The maximum atomic E-state index is 12.9. The standard InChI is InChI=1S/C19H23N5O.C14H19ClN4O.C5H6BNO2.2CH4/c1-3-15-19(25)23(2)16-12-21-17(13-8-10-20-11-9-13)22-18(16)24(15)14-6-4-5-7-14;1-3-10-13(20)18(2)11-8-16-14(15)17-12(11)19(10)9-6-4-5-7-9;8-6(9)5-1-3-7-4-2-5;;/h8-12,14-15H,3-7H2,1-2H3;8-10H,3-7H2,1-2H3;1-4,8-9H;2*1H4/t15-;10-;;;/m11.../s1. The van der Waals surface area contributed by atoms with E-state index in [0.717, 1.165) is 67.1 Å². The molecule has 0 bridgehead atoms. The number of rotatable bonds is 6. The van der Waals surface area contributed by atoms with Gasteiger partial charge in [0.1, 0.15) is 23.5 Å². The SMILES string of the molecule is C.C.CC[C@@H]1C(=O)N(C)c2cnc(-c3ccncc3)nc2N1C1CCCC1.CC[C@@H]1C(=O)N(C)c2cnc(Cl)nc2N1C1CCCC1.OB(O)c1ccncc1. The summed E-state index contributed by atoms with van der Waals surface area (Å²) in [6.45, 7) is 4.13. The molecule has 2 N–H and O–H groups in total. The van der Waals surface area contributed by atoms with Crippen molar-refractivity contribution in [3.63, 3.8) is 0 Å². The lowest BCUT2D eigenvalue weighted by atomic mass is 9.81. The van der Waals surface area contributed by atoms with E-state index in [9.17, 15) is 9.59 Å². The molecule has 14 nitrogen and oxygen atoms in total. The number of nitrogens with zero attached hydrogens (tertiary/aromatic N) is 10. The molecule has 300 valence electrons. The van der Waals surface area contributed by atoms with Crippen LogP contribution in [0.3, 0.4) is 0 Å². The van der Waals surface area contributed by atoms with Crippen molar-refractivity contribution in [1.82, 2.24) is 29.9 Å². The largest absolute Gasteiger partial charge is 0.488 e. The second-order valence-electron chi connectivity index (χ2n) is 14.0. The molecule has 0 aromatic carbocycles. The third-order valence-corrected chi connectivity index (χ3v) is 10.9. The number of amides is 2. The minimum Gasteiger partial charge on any atom is -0.423 e. The van der Waals surface area contributed by atoms with Crippen LogP contribution in [-0.4, -0.2) is 97.1 Å². The number of hydrogen-bond donors (Lipinski definition) is 2. The first-order chi connectivity index (χ1) is 26.1. The molecule has 0 unspecified atom stereocenters. The van der Waals surface area contributed by atoms with Gasteiger partial charge in [-0.15, -0.1) is 0 Å². The summed E-state index contributed by atoms with van der Waals surface area (Å²) in [5.41, 5.74) is 2.97. The van der Waals surface area contributed by atoms with Gasteiger partial charge >= 0.3 is 7.12 Å². The highest BCUT2D eigenvalue weighted by molar-refractivity contribution is 6.58. The molecule has 2 amide bonds. The van der Waals surface area contributed by atoms with Crippen LogP contribution in [0.2, 0.25) is 5.28 Å². The Bertz CT molecular complexity index is 1880. The summed E-state index contributed by atoms with van der Waals surface area (Å²) in [5, 5.41) is 17.3. The summed E-state index contributed by atoms with van der Waals surface area (Å²) in [5.74, 6) is 2.65. The van der Waals surface area contributed by atoms with Gasteiger partial charge in [-0.05, 0) is 79.9 Å². The van der Waals surface area contributed by atoms with Gasteiger partial charge in [-0.1, -0.05) is 54.4 Å². The normalized spacial score (nSPS) is 19.1. The van der Waals surface area contributed by atoms with Crippen LogP contribution in [0.15, 0.2) is 61.4 Å². The Kier molecular flexibility index (Phi) is 15.7. The van der Waals surface area contributed by atoms with Crippen LogP contribution in [-0.2, 0) is 9.59 Å². The Morgan fingerprint density at radius 3 is 1.55 bits per heavy atom. The number of carbonyl (C=O) groups excluding carboxylic acids is 2. The number of anilines is 4. The summed E-state index contributed by atoms with van der Waals surface area (Å²) in [7, 11) is 2.23. The van der Waals surface area contributed by atoms with Gasteiger partial charge < -0.3 is 29.6 Å². The summed E-state index contributed by atoms with van der Waals surface area (Å²) in [6, 6.07) is 7.42. The third-order valence-electron chi connectivity index (χ3n) is 10.7. The molecule has 4 aliphatic rings. The van der Waals surface area contributed by atoms with Gasteiger partial charge in [-0.2, -0.15) is 4.98 Å². The van der Waals surface area contributed by atoms with Crippen molar-refractivity contribution >= 4 is 59.0 Å². The molecule has 6 heterocycles. The second kappa shape index (κ2) is 19.9. The van der Waals surface area contributed by atoms with Crippen LogP contribution < -0.4 is 25.1 Å². The fourth-order valence-electron chi connectivity index (χ4n) is 7.92. The molecule has 2 aliphatic heterocycles. The van der Waals surface area contributed by atoms with E-state index < -0.39 is 7.12 Å². The van der Waals surface area contributed by atoms with E-state index in [1.165, 1.54) is 38.1 Å². The molecular weight excluding hydrogens is 731 g/mol. The maximum Gasteiger partial charge on any atom is 0.488 e. The van der Waals surface area contributed by atoms with Gasteiger partial charge in [0, 0.05) is 56.5 Å². The Labute approximate surface area is 336 Å². The van der Waals surface area contributed by atoms with Crippen LogP contribution in [0.25, 0.3) is 11.4 Å². The lowest BCUT2D eigenvalue weighted by molar-refractivity contribution is -0.120. The Hall–Kier alpha value is -4.73. The molecule has 2 fully saturated rings. The minimum atomic E-state index is -1.38. The summed E-state index contributed by atoms with van der Waals surface area (Å²) in [6.07, 6.45) is 20.9. The number of likely N-dealkylation sites (N-methyl/N-ethyl adjacent to an activating group) is 2. The Morgan fingerprint density at radius 1 is 0.696 bits per heavy atom. The molecule has 4 aromatic rings. The quantitative estimate of drug-likeness (QED) is 0.181. The van der Waals surface area contributed by atoms with Gasteiger partial charge in [0.05, 0.1) is 12.4 Å². The molecule has 8 rings (SSSR count). The van der Waals surface area contributed by atoms with E-state index in [2.05, 4.69) is 41.6 Å². The highest BCUT2D eigenvalue weighted by atomic mass is 35.5. The van der Waals surface area contributed by atoms with Crippen molar-refractivity contribution in [2.75, 3.05) is 33.7 Å². The van der Waals surface area contributed by atoms with Crippen LogP contribution in [0, 0.1) is 0 Å². The molecule has 2 aliphatic carbocycles. The van der Waals surface area contributed by atoms with Crippen molar-refractivity contribution in [3.8, 4) is 11.4 Å². The molecule has 2 atom stereocenters. The molecule has 16 heteroatoms. The molecule has 0 radical (unpaired) electrons. The van der Waals surface area contributed by atoms with E-state index in [-0.39, 0.29) is 44.0 Å². The average molecular weight is 787 g/mol. The average Bonchev–Trinajstić information content (AvgIpc) is 3.94. The first kappa shape index (κ1) is 44.0.